The molecule has 1 aromatic heterocycles. The fourth-order valence-corrected chi connectivity index (χ4v) is 6.28. The van der Waals surface area contributed by atoms with E-state index in [0.717, 1.165) is 5.56 Å². The Kier molecular flexibility index (Phi) is 6.67. The monoisotopic (exact) mass is 519 g/mol. The number of aromatic nitrogens is 2. The highest BCUT2D eigenvalue weighted by molar-refractivity contribution is 8.01. The SMILES string of the molecule is CC1SC(c2ccccc2Cl)N(c2nnc(COc3c(Cl)cc(Cl)cc3Cl)s2)C1=O. The minimum Gasteiger partial charge on any atom is -0.483 e. The molecular formula is C19H13Cl4N3O2S2. The molecule has 0 bridgehead atoms. The maximum atomic E-state index is 12.8. The molecule has 0 saturated carbocycles. The van der Waals surface area contributed by atoms with Gasteiger partial charge in [0.1, 0.15) is 12.0 Å². The van der Waals surface area contributed by atoms with Crippen LogP contribution in [0, 0.1) is 0 Å². The van der Waals surface area contributed by atoms with Gasteiger partial charge in [-0.25, -0.2) is 0 Å². The molecule has 0 N–H and O–H groups in total. The van der Waals surface area contributed by atoms with Gasteiger partial charge in [0.25, 0.3) is 0 Å². The van der Waals surface area contributed by atoms with E-state index in [1.165, 1.54) is 23.1 Å². The first-order valence-electron chi connectivity index (χ1n) is 8.68. The standard InChI is InChI=1S/C19H13Cl4N3O2S2/c1-9-17(27)26(18(29-9)11-4-2-3-5-12(11)21)19-25-24-15(30-19)8-28-16-13(22)6-10(20)7-14(16)23/h2-7,9,18H,8H2,1H3. The number of benzene rings is 2. The van der Waals surface area contributed by atoms with Gasteiger partial charge < -0.3 is 4.74 Å². The van der Waals surface area contributed by atoms with Gasteiger partial charge in [-0.05, 0) is 25.1 Å². The van der Waals surface area contributed by atoms with Gasteiger partial charge in [-0.15, -0.1) is 22.0 Å². The van der Waals surface area contributed by atoms with Crippen LogP contribution in [0.4, 0.5) is 5.13 Å². The van der Waals surface area contributed by atoms with E-state index in [1.807, 2.05) is 31.2 Å². The van der Waals surface area contributed by atoms with Gasteiger partial charge in [0.2, 0.25) is 11.0 Å². The molecule has 1 aliphatic rings. The summed E-state index contributed by atoms with van der Waals surface area (Å²) < 4.78 is 5.72. The van der Waals surface area contributed by atoms with Crippen molar-refractivity contribution in [1.82, 2.24) is 10.2 Å². The van der Waals surface area contributed by atoms with Crippen molar-refractivity contribution in [3.05, 3.63) is 67.1 Å². The molecule has 4 rings (SSSR count). The Morgan fingerprint density at radius 1 is 1.07 bits per heavy atom. The van der Waals surface area contributed by atoms with Crippen LogP contribution in [-0.2, 0) is 11.4 Å². The minimum absolute atomic E-state index is 0.0441. The number of hydrogen-bond donors (Lipinski definition) is 0. The van der Waals surface area contributed by atoms with Crippen molar-refractivity contribution in [2.24, 2.45) is 0 Å². The van der Waals surface area contributed by atoms with E-state index in [2.05, 4.69) is 10.2 Å². The summed E-state index contributed by atoms with van der Waals surface area (Å²) in [5.41, 5.74) is 0.856. The Hall–Kier alpha value is -1.22. The number of carbonyl (C=O) groups is 1. The first kappa shape index (κ1) is 22.0. The van der Waals surface area contributed by atoms with Gasteiger partial charge in [-0.3, -0.25) is 9.69 Å². The summed E-state index contributed by atoms with van der Waals surface area (Å²) in [6, 6.07) is 10.6. The van der Waals surface area contributed by atoms with Gasteiger partial charge in [0.05, 0.1) is 15.3 Å². The molecule has 2 heterocycles. The number of ether oxygens (including phenoxy) is 1. The summed E-state index contributed by atoms with van der Waals surface area (Å²) in [5, 5.41) is 10.5. The van der Waals surface area contributed by atoms with Crippen molar-refractivity contribution in [1.29, 1.82) is 0 Å². The van der Waals surface area contributed by atoms with E-state index in [9.17, 15) is 4.79 Å². The van der Waals surface area contributed by atoms with Crippen molar-refractivity contribution >= 4 is 80.5 Å². The molecule has 156 valence electrons. The highest BCUT2D eigenvalue weighted by Crippen LogP contribution is 2.47. The molecule has 0 spiro atoms. The van der Waals surface area contributed by atoms with Crippen LogP contribution in [0.5, 0.6) is 5.75 Å². The lowest BCUT2D eigenvalue weighted by molar-refractivity contribution is -0.117. The molecule has 2 atom stereocenters. The molecule has 5 nitrogen and oxygen atoms in total. The second kappa shape index (κ2) is 9.10. The van der Waals surface area contributed by atoms with E-state index < -0.39 is 0 Å². The van der Waals surface area contributed by atoms with Crippen LogP contribution in [0.2, 0.25) is 20.1 Å². The molecule has 1 aliphatic heterocycles. The van der Waals surface area contributed by atoms with Crippen LogP contribution >= 0.6 is 69.5 Å². The van der Waals surface area contributed by atoms with Crippen LogP contribution in [0.15, 0.2) is 36.4 Å². The van der Waals surface area contributed by atoms with Gasteiger partial charge in [-0.1, -0.05) is 75.9 Å². The van der Waals surface area contributed by atoms with Crippen LogP contribution in [0.1, 0.15) is 22.9 Å². The Labute approximate surface area is 201 Å². The minimum atomic E-state index is -0.275. The number of halogens is 4. The van der Waals surface area contributed by atoms with Crippen molar-refractivity contribution in [2.45, 2.75) is 24.2 Å². The summed E-state index contributed by atoms with van der Waals surface area (Å²) in [7, 11) is 0. The van der Waals surface area contributed by atoms with Crippen molar-refractivity contribution in [3.63, 3.8) is 0 Å². The van der Waals surface area contributed by atoms with E-state index in [4.69, 9.17) is 51.1 Å². The van der Waals surface area contributed by atoms with Gasteiger partial charge in [0.15, 0.2) is 10.8 Å². The third-order valence-electron chi connectivity index (χ3n) is 4.29. The molecule has 1 saturated heterocycles. The van der Waals surface area contributed by atoms with Crippen LogP contribution in [-0.4, -0.2) is 21.4 Å². The number of hydrogen-bond acceptors (Lipinski definition) is 6. The highest BCUT2D eigenvalue weighted by Gasteiger charge is 2.42. The number of carbonyl (C=O) groups excluding carboxylic acids is 1. The second-order valence-corrected chi connectivity index (χ2v) is 10.5. The lowest BCUT2D eigenvalue weighted by Crippen LogP contribution is -2.30. The third-order valence-corrected chi connectivity index (χ3v) is 7.64. The number of anilines is 1. The van der Waals surface area contributed by atoms with Crippen LogP contribution in [0.3, 0.4) is 0 Å². The summed E-state index contributed by atoms with van der Waals surface area (Å²) in [4.78, 5) is 14.5. The summed E-state index contributed by atoms with van der Waals surface area (Å²) >= 11 is 27.4. The molecule has 30 heavy (non-hydrogen) atoms. The maximum Gasteiger partial charge on any atom is 0.242 e. The first-order valence-corrected chi connectivity index (χ1v) is 11.9. The zero-order valence-corrected chi connectivity index (χ0v) is 20.0. The Morgan fingerprint density at radius 2 is 1.77 bits per heavy atom. The molecule has 1 fully saturated rings. The molecule has 2 aromatic carbocycles. The number of thioether (sulfide) groups is 1. The lowest BCUT2D eigenvalue weighted by atomic mass is 10.2. The number of nitrogens with zero attached hydrogens (tertiary/aromatic N) is 3. The first-order chi connectivity index (χ1) is 14.3. The normalized spacial score (nSPS) is 18.8. The lowest BCUT2D eigenvalue weighted by Gasteiger charge is -2.21. The fraction of sp³-hybridized carbons (Fsp3) is 0.211. The van der Waals surface area contributed by atoms with Crippen molar-refractivity contribution in [2.75, 3.05) is 4.90 Å². The van der Waals surface area contributed by atoms with Crippen LogP contribution < -0.4 is 9.64 Å². The average Bonchev–Trinajstić information content (AvgIpc) is 3.26. The fourth-order valence-electron chi connectivity index (χ4n) is 2.91. The van der Waals surface area contributed by atoms with Gasteiger partial charge in [-0.2, -0.15) is 0 Å². The molecule has 1 amide bonds. The zero-order valence-electron chi connectivity index (χ0n) is 15.3. The summed E-state index contributed by atoms with van der Waals surface area (Å²) in [5.74, 6) is 0.271. The maximum absolute atomic E-state index is 12.8. The largest absolute Gasteiger partial charge is 0.483 e. The molecule has 3 aromatic rings. The summed E-state index contributed by atoms with van der Waals surface area (Å²) in [6.45, 7) is 1.96. The van der Waals surface area contributed by atoms with Gasteiger partial charge in [0, 0.05) is 15.6 Å². The average molecular weight is 521 g/mol. The van der Waals surface area contributed by atoms with Crippen LogP contribution in [0.25, 0.3) is 0 Å². The van der Waals surface area contributed by atoms with E-state index in [0.29, 0.717) is 36.0 Å². The molecule has 0 radical (unpaired) electrons. The zero-order chi connectivity index (χ0) is 21.4. The third kappa shape index (κ3) is 4.38. The highest BCUT2D eigenvalue weighted by atomic mass is 35.5. The molecule has 2 unspecified atom stereocenters. The van der Waals surface area contributed by atoms with Gasteiger partial charge >= 0.3 is 0 Å². The predicted molar refractivity (Wildman–Crippen MR) is 124 cm³/mol. The Morgan fingerprint density at radius 3 is 2.47 bits per heavy atom. The molecular weight excluding hydrogens is 508 g/mol. The number of rotatable bonds is 5. The summed E-state index contributed by atoms with van der Waals surface area (Å²) in [6.07, 6.45) is 0. The van der Waals surface area contributed by atoms with E-state index in [-0.39, 0.29) is 23.1 Å². The number of amides is 1. The Bertz CT molecular complexity index is 1090. The van der Waals surface area contributed by atoms with Crippen molar-refractivity contribution < 1.29 is 9.53 Å². The predicted octanol–water partition coefficient (Wildman–Crippen LogP) is 6.90. The molecule has 0 aliphatic carbocycles. The Balaban J connectivity index is 1.56. The topological polar surface area (TPSA) is 55.3 Å². The smallest absolute Gasteiger partial charge is 0.242 e. The van der Waals surface area contributed by atoms with E-state index in [1.54, 1.807) is 17.0 Å². The van der Waals surface area contributed by atoms with E-state index >= 15 is 0 Å². The quantitative estimate of drug-likeness (QED) is 0.366. The van der Waals surface area contributed by atoms with Crippen molar-refractivity contribution in [3.8, 4) is 5.75 Å². The molecule has 11 heteroatoms. The second-order valence-electron chi connectivity index (χ2n) is 6.33.